The highest BCUT2D eigenvalue weighted by atomic mass is 19.3. The minimum atomic E-state index is -2.69. The van der Waals surface area contributed by atoms with Crippen LogP contribution in [-0.2, 0) is 0 Å². The molecule has 18 heavy (non-hydrogen) atoms. The molecular weight excluding hydrogens is 236 g/mol. The van der Waals surface area contributed by atoms with Gasteiger partial charge in [0.25, 0.3) is 6.43 Å². The summed E-state index contributed by atoms with van der Waals surface area (Å²) in [5.74, 6) is 0.666. The van der Waals surface area contributed by atoms with E-state index in [0.29, 0.717) is 12.5 Å². The highest BCUT2D eigenvalue weighted by molar-refractivity contribution is 5.20. The van der Waals surface area contributed by atoms with Crippen LogP contribution in [0.3, 0.4) is 0 Å². The van der Waals surface area contributed by atoms with Gasteiger partial charge in [-0.25, -0.2) is 8.78 Å². The summed E-state index contributed by atoms with van der Waals surface area (Å²) in [6, 6.07) is 9.97. The number of nitrogens with one attached hydrogen (secondary N) is 1. The van der Waals surface area contributed by atoms with Crippen molar-refractivity contribution in [1.82, 2.24) is 5.32 Å². The average Bonchev–Trinajstić information content (AvgIpc) is 2.34. The van der Waals surface area contributed by atoms with Gasteiger partial charge in [0.2, 0.25) is 0 Å². The number of alkyl halides is 2. The van der Waals surface area contributed by atoms with Crippen LogP contribution in [0.5, 0.6) is 0 Å². The molecule has 0 saturated heterocycles. The zero-order valence-electron chi connectivity index (χ0n) is 10.8. The Bertz CT molecular complexity index is 330. The van der Waals surface area contributed by atoms with E-state index in [1.165, 1.54) is 5.56 Å². The van der Waals surface area contributed by atoms with Crippen molar-refractivity contribution in [2.24, 2.45) is 5.92 Å². The van der Waals surface area contributed by atoms with Gasteiger partial charge in [-0.05, 0) is 17.4 Å². The maximum absolute atomic E-state index is 12.1. The molecule has 4 heteroatoms. The van der Waals surface area contributed by atoms with Crippen molar-refractivity contribution in [1.29, 1.82) is 0 Å². The molecule has 0 fully saturated rings. The Hall–Kier alpha value is -1.00. The molecule has 2 N–H and O–H groups in total. The third-order valence-electron chi connectivity index (χ3n) is 3.04. The van der Waals surface area contributed by atoms with Crippen molar-refractivity contribution < 1.29 is 13.9 Å². The molecule has 0 heterocycles. The summed E-state index contributed by atoms with van der Waals surface area (Å²) in [5, 5.41) is 12.0. The van der Waals surface area contributed by atoms with E-state index in [1.54, 1.807) is 0 Å². The van der Waals surface area contributed by atoms with Crippen LogP contribution in [-0.4, -0.2) is 30.7 Å². The molecule has 0 radical (unpaired) electrons. The van der Waals surface area contributed by atoms with E-state index < -0.39 is 12.5 Å². The number of aliphatic hydroxyl groups is 1. The first kappa shape index (κ1) is 15.1. The zero-order valence-corrected chi connectivity index (χ0v) is 10.8. The summed E-state index contributed by atoms with van der Waals surface area (Å²) in [5.41, 5.74) is 1.19. The van der Waals surface area contributed by atoms with E-state index in [9.17, 15) is 8.78 Å². The molecule has 0 aromatic heterocycles. The SMILES string of the molecule is CC(C)C(CNCC(O)C(F)F)c1ccccc1. The smallest absolute Gasteiger partial charge is 0.265 e. The van der Waals surface area contributed by atoms with E-state index in [2.05, 4.69) is 19.2 Å². The van der Waals surface area contributed by atoms with Gasteiger partial charge in [0.15, 0.2) is 0 Å². The monoisotopic (exact) mass is 257 g/mol. The Morgan fingerprint density at radius 2 is 1.72 bits per heavy atom. The van der Waals surface area contributed by atoms with E-state index in [1.807, 2.05) is 30.3 Å². The number of aliphatic hydroxyl groups excluding tert-OH is 1. The summed E-state index contributed by atoms with van der Waals surface area (Å²) in [4.78, 5) is 0. The first-order valence-electron chi connectivity index (χ1n) is 6.24. The largest absolute Gasteiger partial charge is 0.386 e. The molecular formula is C14H21F2NO. The van der Waals surface area contributed by atoms with Gasteiger partial charge in [-0.3, -0.25) is 0 Å². The Morgan fingerprint density at radius 1 is 1.11 bits per heavy atom. The van der Waals surface area contributed by atoms with E-state index in [0.717, 1.165) is 0 Å². The summed E-state index contributed by atoms with van der Waals surface area (Å²) in [6.45, 7) is 4.71. The van der Waals surface area contributed by atoms with Crippen molar-refractivity contribution in [3.05, 3.63) is 35.9 Å². The maximum atomic E-state index is 12.1. The van der Waals surface area contributed by atoms with Crippen LogP contribution in [0.1, 0.15) is 25.3 Å². The number of hydrogen-bond donors (Lipinski definition) is 2. The van der Waals surface area contributed by atoms with E-state index in [-0.39, 0.29) is 12.5 Å². The molecule has 2 nitrogen and oxygen atoms in total. The van der Waals surface area contributed by atoms with Gasteiger partial charge < -0.3 is 10.4 Å². The van der Waals surface area contributed by atoms with Crippen molar-refractivity contribution in [2.75, 3.05) is 13.1 Å². The van der Waals surface area contributed by atoms with Crippen molar-refractivity contribution in [3.8, 4) is 0 Å². The lowest BCUT2D eigenvalue weighted by Gasteiger charge is -2.22. The van der Waals surface area contributed by atoms with Gasteiger partial charge in [-0.1, -0.05) is 44.2 Å². The number of halogens is 2. The third kappa shape index (κ3) is 4.70. The van der Waals surface area contributed by atoms with Gasteiger partial charge in [0, 0.05) is 13.1 Å². The van der Waals surface area contributed by atoms with Crippen molar-refractivity contribution in [2.45, 2.75) is 32.3 Å². The van der Waals surface area contributed by atoms with Gasteiger partial charge in [0.05, 0.1) is 0 Å². The standard InChI is InChI=1S/C14H21F2NO/c1-10(2)12(11-6-4-3-5-7-11)8-17-9-13(18)14(15)16/h3-7,10,12-14,17-18H,8-9H2,1-2H3. The fourth-order valence-electron chi connectivity index (χ4n) is 1.91. The van der Waals surface area contributed by atoms with Crippen molar-refractivity contribution in [3.63, 3.8) is 0 Å². The summed E-state index contributed by atoms with van der Waals surface area (Å²) in [6.07, 6.45) is -4.28. The zero-order chi connectivity index (χ0) is 13.5. The minimum Gasteiger partial charge on any atom is -0.386 e. The van der Waals surface area contributed by atoms with E-state index >= 15 is 0 Å². The molecule has 1 aromatic rings. The number of rotatable bonds is 7. The number of benzene rings is 1. The Kier molecular flexibility index (Phi) is 6.22. The molecule has 0 amide bonds. The molecule has 0 aliphatic rings. The third-order valence-corrected chi connectivity index (χ3v) is 3.04. The molecule has 1 aromatic carbocycles. The highest BCUT2D eigenvalue weighted by Gasteiger charge is 2.19. The Labute approximate surface area is 107 Å². The van der Waals surface area contributed by atoms with Gasteiger partial charge in [-0.15, -0.1) is 0 Å². The van der Waals surface area contributed by atoms with Crippen LogP contribution in [0.15, 0.2) is 30.3 Å². The van der Waals surface area contributed by atoms with Crippen LogP contribution in [0, 0.1) is 5.92 Å². The van der Waals surface area contributed by atoms with Crippen molar-refractivity contribution >= 4 is 0 Å². The average molecular weight is 257 g/mol. The second-order valence-electron chi connectivity index (χ2n) is 4.82. The number of hydrogen-bond acceptors (Lipinski definition) is 2. The molecule has 0 aliphatic carbocycles. The highest BCUT2D eigenvalue weighted by Crippen LogP contribution is 2.23. The normalized spacial score (nSPS) is 15.1. The molecule has 0 saturated carbocycles. The molecule has 0 spiro atoms. The minimum absolute atomic E-state index is 0.0757. The summed E-state index contributed by atoms with van der Waals surface area (Å²) < 4.78 is 24.3. The predicted molar refractivity (Wildman–Crippen MR) is 68.9 cm³/mol. The van der Waals surface area contributed by atoms with Crippen LogP contribution >= 0.6 is 0 Å². The van der Waals surface area contributed by atoms with E-state index in [4.69, 9.17) is 5.11 Å². The molecule has 2 unspecified atom stereocenters. The molecule has 0 bridgehead atoms. The summed E-state index contributed by atoms with van der Waals surface area (Å²) in [7, 11) is 0. The van der Waals surface area contributed by atoms with Crippen LogP contribution in [0.4, 0.5) is 8.78 Å². The van der Waals surface area contributed by atoms with Crippen LogP contribution < -0.4 is 5.32 Å². The van der Waals surface area contributed by atoms with Gasteiger partial charge in [-0.2, -0.15) is 0 Å². The molecule has 102 valence electrons. The van der Waals surface area contributed by atoms with Gasteiger partial charge >= 0.3 is 0 Å². The lowest BCUT2D eigenvalue weighted by Crippen LogP contribution is -2.35. The van der Waals surface area contributed by atoms with Crippen LogP contribution in [0.2, 0.25) is 0 Å². The molecule has 1 rings (SSSR count). The molecule has 2 atom stereocenters. The molecule has 0 aliphatic heterocycles. The lowest BCUT2D eigenvalue weighted by molar-refractivity contribution is -0.00344. The Balaban J connectivity index is 2.50. The fraction of sp³-hybridized carbons (Fsp3) is 0.571. The fourth-order valence-corrected chi connectivity index (χ4v) is 1.91. The topological polar surface area (TPSA) is 32.3 Å². The first-order chi connectivity index (χ1) is 8.52. The van der Waals surface area contributed by atoms with Gasteiger partial charge in [0.1, 0.15) is 6.10 Å². The predicted octanol–water partition coefficient (Wildman–Crippen LogP) is 2.64. The summed E-state index contributed by atoms with van der Waals surface area (Å²) >= 11 is 0. The maximum Gasteiger partial charge on any atom is 0.265 e. The second kappa shape index (κ2) is 7.44. The van der Waals surface area contributed by atoms with Crippen LogP contribution in [0.25, 0.3) is 0 Å². The second-order valence-corrected chi connectivity index (χ2v) is 4.82. The lowest BCUT2D eigenvalue weighted by atomic mass is 9.88. The Morgan fingerprint density at radius 3 is 2.22 bits per heavy atom. The first-order valence-corrected chi connectivity index (χ1v) is 6.24. The quantitative estimate of drug-likeness (QED) is 0.787.